The first kappa shape index (κ1) is 21.1. The summed E-state index contributed by atoms with van der Waals surface area (Å²) in [5.74, 6) is 0.428. The summed E-state index contributed by atoms with van der Waals surface area (Å²) in [7, 11) is 0. The van der Waals surface area contributed by atoms with Crippen molar-refractivity contribution in [3.63, 3.8) is 0 Å². The highest BCUT2D eigenvalue weighted by atomic mass is 16.2. The maximum atomic E-state index is 12.4. The molecule has 1 fully saturated rings. The van der Waals surface area contributed by atoms with Gasteiger partial charge in [-0.15, -0.1) is 0 Å². The largest absolute Gasteiger partial charge is 0.356 e. The van der Waals surface area contributed by atoms with Gasteiger partial charge in [-0.2, -0.15) is 0 Å². The van der Waals surface area contributed by atoms with Crippen molar-refractivity contribution in [2.45, 2.75) is 39.3 Å². The van der Waals surface area contributed by atoms with Gasteiger partial charge in [0.05, 0.1) is 12.5 Å². The number of benzene rings is 2. The molecule has 1 aliphatic rings. The lowest BCUT2D eigenvalue weighted by molar-refractivity contribution is -0.134. The quantitative estimate of drug-likeness (QED) is 0.724. The highest BCUT2D eigenvalue weighted by molar-refractivity contribution is 5.88. The van der Waals surface area contributed by atoms with E-state index in [1.165, 1.54) is 11.1 Å². The monoisotopic (exact) mass is 393 g/mol. The zero-order valence-electron chi connectivity index (χ0n) is 17.4. The van der Waals surface area contributed by atoms with E-state index in [0.717, 1.165) is 18.5 Å². The van der Waals surface area contributed by atoms with Crippen molar-refractivity contribution in [2.75, 3.05) is 19.6 Å². The molecule has 3 rings (SSSR count). The Kier molecular flexibility index (Phi) is 7.42. The fourth-order valence-electron chi connectivity index (χ4n) is 3.59. The molecule has 0 unspecified atom stereocenters. The summed E-state index contributed by atoms with van der Waals surface area (Å²) >= 11 is 0. The van der Waals surface area contributed by atoms with E-state index >= 15 is 0 Å². The van der Waals surface area contributed by atoms with E-state index < -0.39 is 6.04 Å². The van der Waals surface area contributed by atoms with Crippen molar-refractivity contribution >= 4 is 11.8 Å². The van der Waals surface area contributed by atoms with Crippen molar-refractivity contribution in [1.29, 1.82) is 0 Å². The first-order valence-corrected chi connectivity index (χ1v) is 10.5. The SMILES string of the molecule is CC(C)CCNC(=O)C[C@@H]1C(=O)NCCN1Cc1ccc(-c2ccccc2)cc1. The molecule has 5 heteroatoms. The molecule has 1 atom stereocenters. The van der Waals surface area contributed by atoms with Gasteiger partial charge in [0.25, 0.3) is 0 Å². The van der Waals surface area contributed by atoms with Gasteiger partial charge in [0.2, 0.25) is 11.8 Å². The number of carbonyl (C=O) groups excluding carboxylic acids is 2. The van der Waals surface area contributed by atoms with Crippen LogP contribution < -0.4 is 10.6 Å². The van der Waals surface area contributed by atoms with Gasteiger partial charge in [-0.25, -0.2) is 0 Å². The average Bonchev–Trinajstić information content (AvgIpc) is 2.71. The van der Waals surface area contributed by atoms with Crippen molar-refractivity contribution in [1.82, 2.24) is 15.5 Å². The summed E-state index contributed by atoms with van der Waals surface area (Å²) < 4.78 is 0. The minimum Gasteiger partial charge on any atom is -0.356 e. The van der Waals surface area contributed by atoms with E-state index in [-0.39, 0.29) is 18.2 Å². The van der Waals surface area contributed by atoms with Gasteiger partial charge in [0.1, 0.15) is 0 Å². The number of piperazine rings is 1. The first-order chi connectivity index (χ1) is 14.0. The first-order valence-electron chi connectivity index (χ1n) is 10.5. The van der Waals surface area contributed by atoms with Gasteiger partial charge >= 0.3 is 0 Å². The number of rotatable bonds is 8. The molecule has 1 saturated heterocycles. The Bertz CT molecular complexity index is 803. The van der Waals surface area contributed by atoms with Crippen molar-refractivity contribution in [3.05, 3.63) is 60.2 Å². The van der Waals surface area contributed by atoms with Crippen LogP contribution in [0.5, 0.6) is 0 Å². The summed E-state index contributed by atoms with van der Waals surface area (Å²) in [6.45, 7) is 6.94. The van der Waals surface area contributed by atoms with Crippen LogP contribution >= 0.6 is 0 Å². The van der Waals surface area contributed by atoms with Gasteiger partial charge in [-0.1, -0.05) is 68.4 Å². The molecule has 1 heterocycles. The molecule has 29 heavy (non-hydrogen) atoms. The Morgan fingerprint density at radius 3 is 2.48 bits per heavy atom. The lowest BCUT2D eigenvalue weighted by Gasteiger charge is -2.34. The molecular formula is C24H31N3O2. The normalized spacial score (nSPS) is 17.2. The third-order valence-corrected chi connectivity index (χ3v) is 5.31. The number of nitrogens with zero attached hydrogens (tertiary/aromatic N) is 1. The van der Waals surface area contributed by atoms with E-state index in [4.69, 9.17) is 0 Å². The molecule has 0 aliphatic carbocycles. The van der Waals surface area contributed by atoms with E-state index in [1.807, 2.05) is 18.2 Å². The highest BCUT2D eigenvalue weighted by Crippen LogP contribution is 2.21. The molecule has 2 N–H and O–H groups in total. The average molecular weight is 394 g/mol. The number of hydrogen-bond acceptors (Lipinski definition) is 3. The zero-order valence-corrected chi connectivity index (χ0v) is 17.4. The van der Waals surface area contributed by atoms with E-state index in [1.54, 1.807) is 0 Å². The second-order valence-corrected chi connectivity index (χ2v) is 8.08. The molecule has 2 amide bonds. The topological polar surface area (TPSA) is 61.4 Å². The van der Waals surface area contributed by atoms with Crippen molar-refractivity contribution < 1.29 is 9.59 Å². The van der Waals surface area contributed by atoms with Crippen LogP contribution in [0.4, 0.5) is 0 Å². The van der Waals surface area contributed by atoms with Gasteiger partial charge in [0, 0.05) is 26.2 Å². The lowest BCUT2D eigenvalue weighted by atomic mass is 10.0. The number of amides is 2. The van der Waals surface area contributed by atoms with Crippen LogP contribution in [0, 0.1) is 5.92 Å². The van der Waals surface area contributed by atoms with Gasteiger partial charge < -0.3 is 10.6 Å². The maximum absolute atomic E-state index is 12.4. The Balaban J connectivity index is 1.61. The Morgan fingerprint density at radius 2 is 1.79 bits per heavy atom. The van der Waals surface area contributed by atoms with E-state index in [2.05, 4.69) is 65.8 Å². The fraction of sp³-hybridized carbons (Fsp3) is 0.417. The standard InChI is InChI=1S/C24H31N3O2/c1-18(2)12-13-25-23(28)16-22-24(29)26-14-15-27(22)17-19-8-10-21(11-9-19)20-6-4-3-5-7-20/h3-11,18,22H,12-17H2,1-2H3,(H,25,28)(H,26,29)/t22-/m1/s1. The molecule has 154 valence electrons. The van der Waals surface area contributed by atoms with E-state index in [9.17, 15) is 9.59 Å². The fourth-order valence-corrected chi connectivity index (χ4v) is 3.59. The Morgan fingerprint density at radius 1 is 1.10 bits per heavy atom. The maximum Gasteiger partial charge on any atom is 0.237 e. The molecule has 0 bridgehead atoms. The number of hydrogen-bond donors (Lipinski definition) is 2. The summed E-state index contributed by atoms with van der Waals surface area (Å²) in [4.78, 5) is 26.8. The minimum atomic E-state index is -0.420. The summed E-state index contributed by atoms with van der Waals surface area (Å²) in [6, 6.07) is 18.3. The Hall–Kier alpha value is -2.66. The summed E-state index contributed by atoms with van der Waals surface area (Å²) in [6.07, 6.45) is 1.14. The summed E-state index contributed by atoms with van der Waals surface area (Å²) in [5.41, 5.74) is 3.50. The van der Waals surface area contributed by atoms with Gasteiger partial charge in [-0.05, 0) is 29.0 Å². The third kappa shape index (κ3) is 6.16. The molecule has 1 aliphatic heterocycles. The molecule has 2 aromatic carbocycles. The number of carbonyl (C=O) groups is 2. The second-order valence-electron chi connectivity index (χ2n) is 8.08. The molecule has 0 radical (unpaired) electrons. The van der Waals surface area contributed by atoms with E-state index in [0.29, 0.717) is 25.6 Å². The number of nitrogens with one attached hydrogen (secondary N) is 2. The highest BCUT2D eigenvalue weighted by Gasteiger charge is 2.31. The van der Waals surface area contributed by atoms with Crippen LogP contribution in [0.2, 0.25) is 0 Å². The molecular weight excluding hydrogens is 362 g/mol. The van der Waals surface area contributed by atoms with Gasteiger partial charge in [0.15, 0.2) is 0 Å². The van der Waals surface area contributed by atoms with Crippen LogP contribution in [0.25, 0.3) is 11.1 Å². The minimum absolute atomic E-state index is 0.0582. The van der Waals surface area contributed by atoms with Crippen LogP contribution in [0.3, 0.4) is 0 Å². The summed E-state index contributed by atoms with van der Waals surface area (Å²) in [5, 5.41) is 5.84. The van der Waals surface area contributed by atoms with Crippen LogP contribution in [0.1, 0.15) is 32.3 Å². The van der Waals surface area contributed by atoms with Crippen LogP contribution in [0.15, 0.2) is 54.6 Å². The smallest absolute Gasteiger partial charge is 0.237 e. The van der Waals surface area contributed by atoms with Crippen LogP contribution in [-0.2, 0) is 16.1 Å². The zero-order chi connectivity index (χ0) is 20.6. The lowest BCUT2D eigenvalue weighted by Crippen LogP contribution is -2.56. The predicted octanol–water partition coefficient (Wildman–Crippen LogP) is 3.21. The molecule has 0 aromatic heterocycles. The molecule has 5 nitrogen and oxygen atoms in total. The molecule has 2 aromatic rings. The Labute approximate surface area is 173 Å². The van der Waals surface area contributed by atoms with Crippen molar-refractivity contribution in [2.24, 2.45) is 5.92 Å². The van der Waals surface area contributed by atoms with Crippen molar-refractivity contribution in [3.8, 4) is 11.1 Å². The second kappa shape index (κ2) is 10.2. The molecule has 0 spiro atoms. The molecule has 0 saturated carbocycles. The van der Waals surface area contributed by atoms with Gasteiger partial charge in [-0.3, -0.25) is 14.5 Å². The third-order valence-electron chi connectivity index (χ3n) is 5.31. The van der Waals surface area contributed by atoms with Crippen LogP contribution in [-0.4, -0.2) is 42.4 Å². The predicted molar refractivity (Wildman–Crippen MR) is 116 cm³/mol.